The number of benzene rings is 1. The van der Waals surface area contributed by atoms with Gasteiger partial charge in [0.2, 0.25) is 5.91 Å². The lowest BCUT2D eigenvalue weighted by molar-refractivity contribution is -0.137. The summed E-state index contributed by atoms with van der Waals surface area (Å²) < 4.78 is 43.5. The number of carbonyl (C=O) groups is 1. The zero-order chi connectivity index (χ0) is 17.7. The second kappa shape index (κ2) is 7.85. The fourth-order valence-corrected chi connectivity index (χ4v) is 2.68. The molecule has 0 spiro atoms. The summed E-state index contributed by atoms with van der Waals surface area (Å²) in [6, 6.07) is 5.26. The second-order valence-corrected chi connectivity index (χ2v) is 5.71. The number of nitrogens with zero attached hydrogens (tertiary/aromatic N) is 2. The predicted molar refractivity (Wildman–Crippen MR) is 84.7 cm³/mol. The number of hydrogen-bond donors (Lipinski definition) is 1. The first kappa shape index (κ1) is 18.5. The molecule has 0 aromatic heterocycles. The molecule has 0 radical (unpaired) electrons. The fourth-order valence-electron chi connectivity index (χ4n) is 2.68. The molecule has 0 bridgehead atoms. The molecule has 1 amide bonds. The highest BCUT2D eigenvalue weighted by Crippen LogP contribution is 2.31. The molecule has 1 heterocycles. The first-order chi connectivity index (χ1) is 11.3. The van der Waals surface area contributed by atoms with Gasteiger partial charge < -0.3 is 20.3 Å². The third kappa shape index (κ3) is 4.61. The van der Waals surface area contributed by atoms with Crippen LogP contribution in [0.15, 0.2) is 24.3 Å². The topological polar surface area (TPSA) is 58.8 Å². The van der Waals surface area contributed by atoms with E-state index in [4.69, 9.17) is 10.5 Å². The van der Waals surface area contributed by atoms with Crippen LogP contribution in [-0.2, 0) is 15.7 Å². The van der Waals surface area contributed by atoms with Crippen LogP contribution in [-0.4, -0.2) is 56.7 Å². The molecule has 0 saturated carbocycles. The Bertz CT molecular complexity index is 554. The molecule has 1 atom stereocenters. The summed E-state index contributed by atoms with van der Waals surface area (Å²) in [6.45, 7) is 2.19. The van der Waals surface area contributed by atoms with E-state index in [1.165, 1.54) is 13.2 Å². The molecule has 1 aliphatic rings. The highest BCUT2D eigenvalue weighted by Gasteiger charge is 2.31. The Kier molecular flexibility index (Phi) is 6.06. The second-order valence-electron chi connectivity index (χ2n) is 5.71. The van der Waals surface area contributed by atoms with Gasteiger partial charge in [0.15, 0.2) is 0 Å². The molecule has 0 aliphatic carbocycles. The van der Waals surface area contributed by atoms with Crippen LogP contribution < -0.4 is 10.6 Å². The maximum absolute atomic E-state index is 12.8. The predicted octanol–water partition coefficient (Wildman–Crippen LogP) is 1.72. The van der Waals surface area contributed by atoms with Crippen molar-refractivity contribution in [2.24, 2.45) is 5.73 Å². The largest absolute Gasteiger partial charge is 0.416 e. The van der Waals surface area contributed by atoms with Crippen LogP contribution in [0.1, 0.15) is 12.0 Å². The molecular weight excluding hydrogens is 323 g/mol. The van der Waals surface area contributed by atoms with Crippen LogP contribution in [0.4, 0.5) is 18.9 Å². The normalized spacial score (nSPS) is 17.0. The molecule has 1 unspecified atom stereocenters. The van der Waals surface area contributed by atoms with Gasteiger partial charge in [0, 0.05) is 45.5 Å². The number of alkyl halides is 3. The monoisotopic (exact) mass is 345 g/mol. The molecule has 1 aromatic rings. The Morgan fingerprint density at radius 2 is 1.96 bits per heavy atom. The number of amides is 1. The van der Waals surface area contributed by atoms with Crippen molar-refractivity contribution in [3.8, 4) is 0 Å². The van der Waals surface area contributed by atoms with Crippen molar-refractivity contribution in [3.63, 3.8) is 0 Å². The van der Waals surface area contributed by atoms with Gasteiger partial charge in [-0.2, -0.15) is 13.2 Å². The van der Waals surface area contributed by atoms with Gasteiger partial charge in [-0.1, -0.05) is 6.07 Å². The zero-order valence-corrected chi connectivity index (χ0v) is 13.6. The molecule has 1 aromatic carbocycles. The highest BCUT2D eigenvalue weighted by molar-refractivity contribution is 5.77. The van der Waals surface area contributed by atoms with Gasteiger partial charge in [-0.15, -0.1) is 0 Å². The molecule has 1 fully saturated rings. The fraction of sp³-hybridized carbons (Fsp3) is 0.562. The van der Waals surface area contributed by atoms with E-state index >= 15 is 0 Å². The van der Waals surface area contributed by atoms with Crippen LogP contribution in [0.5, 0.6) is 0 Å². The van der Waals surface area contributed by atoms with Crippen molar-refractivity contribution in [3.05, 3.63) is 29.8 Å². The standard InChI is InChI=1S/C16H22F3N3O2/c1-24-14(11-20)10-15(23)22-7-5-21(6-8-22)13-4-2-3-12(9-13)16(17,18)19/h2-4,9,14H,5-8,10-11,20H2,1H3. The number of nitrogens with two attached hydrogens (primary N) is 1. The third-order valence-electron chi connectivity index (χ3n) is 4.17. The number of piperazine rings is 1. The van der Waals surface area contributed by atoms with E-state index in [-0.39, 0.29) is 25.0 Å². The van der Waals surface area contributed by atoms with E-state index < -0.39 is 11.7 Å². The molecule has 24 heavy (non-hydrogen) atoms. The first-order valence-corrected chi connectivity index (χ1v) is 7.78. The van der Waals surface area contributed by atoms with Crippen molar-refractivity contribution >= 4 is 11.6 Å². The Hall–Kier alpha value is -1.80. The highest BCUT2D eigenvalue weighted by atomic mass is 19.4. The lowest BCUT2D eigenvalue weighted by Gasteiger charge is -2.36. The average molecular weight is 345 g/mol. The van der Waals surface area contributed by atoms with Crippen LogP contribution in [0.2, 0.25) is 0 Å². The van der Waals surface area contributed by atoms with Gasteiger partial charge in [-0.05, 0) is 18.2 Å². The van der Waals surface area contributed by atoms with Crippen LogP contribution in [0, 0.1) is 0 Å². The number of carbonyl (C=O) groups excluding carboxylic acids is 1. The first-order valence-electron chi connectivity index (χ1n) is 7.78. The van der Waals surface area contributed by atoms with Crippen LogP contribution >= 0.6 is 0 Å². The van der Waals surface area contributed by atoms with Gasteiger partial charge in [0.25, 0.3) is 0 Å². The van der Waals surface area contributed by atoms with E-state index in [0.717, 1.165) is 12.1 Å². The Labute approximate surface area is 139 Å². The van der Waals surface area contributed by atoms with E-state index in [1.54, 1.807) is 11.0 Å². The zero-order valence-electron chi connectivity index (χ0n) is 13.6. The lowest BCUT2D eigenvalue weighted by Crippen LogP contribution is -2.49. The Morgan fingerprint density at radius 1 is 1.29 bits per heavy atom. The van der Waals surface area contributed by atoms with E-state index in [2.05, 4.69) is 0 Å². The number of hydrogen-bond acceptors (Lipinski definition) is 4. The minimum Gasteiger partial charge on any atom is -0.380 e. The number of halogens is 3. The summed E-state index contributed by atoms with van der Waals surface area (Å²) in [5, 5.41) is 0. The van der Waals surface area contributed by atoms with Crippen molar-refractivity contribution < 1.29 is 22.7 Å². The minimum atomic E-state index is -4.36. The number of ether oxygens (including phenoxy) is 1. The number of methoxy groups -OCH3 is 1. The quantitative estimate of drug-likeness (QED) is 0.883. The molecule has 134 valence electrons. The van der Waals surface area contributed by atoms with E-state index in [0.29, 0.717) is 31.9 Å². The minimum absolute atomic E-state index is 0.0454. The Balaban J connectivity index is 1.94. The Morgan fingerprint density at radius 3 is 2.50 bits per heavy atom. The maximum atomic E-state index is 12.8. The van der Waals surface area contributed by atoms with Gasteiger partial charge in [-0.3, -0.25) is 4.79 Å². The summed E-state index contributed by atoms with van der Waals surface area (Å²) >= 11 is 0. The molecule has 5 nitrogen and oxygen atoms in total. The number of rotatable bonds is 5. The summed E-state index contributed by atoms with van der Waals surface area (Å²) in [5.74, 6) is -0.0454. The van der Waals surface area contributed by atoms with E-state index in [1.807, 2.05) is 4.90 Å². The van der Waals surface area contributed by atoms with Gasteiger partial charge in [0.05, 0.1) is 18.1 Å². The summed E-state index contributed by atoms with van der Waals surface area (Å²) in [5.41, 5.74) is 5.37. The molecular formula is C16H22F3N3O2. The van der Waals surface area contributed by atoms with Gasteiger partial charge in [-0.25, -0.2) is 0 Å². The van der Waals surface area contributed by atoms with Crippen LogP contribution in [0.25, 0.3) is 0 Å². The smallest absolute Gasteiger partial charge is 0.380 e. The number of anilines is 1. The van der Waals surface area contributed by atoms with Crippen molar-refractivity contribution in [1.82, 2.24) is 4.90 Å². The molecule has 8 heteroatoms. The summed E-state index contributed by atoms with van der Waals surface area (Å²) in [7, 11) is 1.51. The summed E-state index contributed by atoms with van der Waals surface area (Å²) in [6.07, 6.45) is -4.44. The molecule has 1 aliphatic heterocycles. The third-order valence-corrected chi connectivity index (χ3v) is 4.17. The SMILES string of the molecule is COC(CN)CC(=O)N1CCN(c2cccc(C(F)(F)F)c2)CC1. The van der Waals surface area contributed by atoms with Gasteiger partial charge in [0.1, 0.15) is 0 Å². The average Bonchev–Trinajstić information content (AvgIpc) is 2.59. The van der Waals surface area contributed by atoms with Crippen molar-refractivity contribution in [2.45, 2.75) is 18.7 Å². The van der Waals surface area contributed by atoms with Crippen LogP contribution in [0.3, 0.4) is 0 Å². The molecule has 2 rings (SSSR count). The van der Waals surface area contributed by atoms with Crippen molar-refractivity contribution in [1.29, 1.82) is 0 Å². The maximum Gasteiger partial charge on any atom is 0.416 e. The van der Waals surface area contributed by atoms with Crippen molar-refractivity contribution in [2.75, 3.05) is 44.7 Å². The van der Waals surface area contributed by atoms with E-state index in [9.17, 15) is 18.0 Å². The van der Waals surface area contributed by atoms with Gasteiger partial charge >= 0.3 is 6.18 Å². The lowest BCUT2D eigenvalue weighted by atomic mass is 10.1. The molecule has 2 N–H and O–H groups in total. The molecule has 1 saturated heterocycles. The summed E-state index contributed by atoms with van der Waals surface area (Å²) in [4.78, 5) is 15.7.